The van der Waals surface area contributed by atoms with Gasteiger partial charge in [0.05, 0.1) is 0 Å². The van der Waals surface area contributed by atoms with Crippen molar-refractivity contribution in [2.75, 3.05) is 0 Å². The van der Waals surface area contributed by atoms with E-state index in [2.05, 4.69) is 11.1 Å². The summed E-state index contributed by atoms with van der Waals surface area (Å²) in [5.41, 5.74) is 5.14. The molecule has 0 aliphatic heterocycles. The molecule has 0 fully saturated rings. The van der Waals surface area contributed by atoms with Gasteiger partial charge in [-0.1, -0.05) is 35.4 Å². The van der Waals surface area contributed by atoms with E-state index in [9.17, 15) is 4.79 Å². The molecule has 0 bridgehead atoms. The fraction of sp³-hybridized carbons (Fsp3) is 0.118. The van der Waals surface area contributed by atoms with Gasteiger partial charge in [-0.15, -0.1) is 0 Å². The molecule has 2 heteroatoms. The Morgan fingerprint density at radius 3 is 2.47 bits per heavy atom. The molecule has 0 radical (unpaired) electrons. The lowest BCUT2D eigenvalue weighted by molar-refractivity contribution is 1.35. The highest BCUT2D eigenvalue weighted by molar-refractivity contribution is 5.82. The summed E-state index contributed by atoms with van der Waals surface area (Å²) < 4.78 is 0. The Kier molecular flexibility index (Phi) is 2.71. The molecule has 0 amide bonds. The van der Waals surface area contributed by atoms with Gasteiger partial charge < -0.3 is 4.98 Å². The molecule has 1 heterocycles. The molecule has 0 atom stereocenters. The van der Waals surface area contributed by atoms with Crippen molar-refractivity contribution in [1.29, 1.82) is 0 Å². The number of aromatic nitrogens is 1. The predicted molar refractivity (Wildman–Crippen MR) is 79.5 cm³/mol. The first-order valence-electron chi connectivity index (χ1n) is 6.34. The lowest BCUT2D eigenvalue weighted by Gasteiger charge is -2.06. The molecule has 2 nitrogen and oxygen atoms in total. The third-order valence-electron chi connectivity index (χ3n) is 3.31. The number of hydrogen-bond acceptors (Lipinski definition) is 1. The highest BCUT2D eigenvalue weighted by Crippen LogP contribution is 2.19. The Labute approximate surface area is 111 Å². The van der Waals surface area contributed by atoms with E-state index in [0.29, 0.717) is 0 Å². The number of pyridine rings is 1. The zero-order chi connectivity index (χ0) is 13.4. The van der Waals surface area contributed by atoms with Gasteiger partial charge in [0.2, 0.25) is 0 Å². The maximum Gasteiger partial charge on any atom is 0.190 e. The second-order valence-corrected chi connectivity index (χ2v) is 4.97. The highest BCUT2D eigenvalue weighted by Gasteiger charge is 2.04. The molecule has 0 saturated carbocycles. The van der Waals surface area contributed by atoms with E-state index < -0.39 is 0 Å². The van der Waals surface area contributed by atoms with Crippen LogP contribution < -0.4 is 5.43 Å². The quantitative estimate of drug-likeness (QED) is 0.699. The molecule has 0 aliphatic carbocycles. The molecular weight excluding hydrogens is 234 g/mol. The molecule has 3 rings (SSSR count). The van der Waals surface area contributed by atoms with Crippen LogP contribution in [0.2, 0.25) is 0 Å². The van der Waals surface area contributed by atoms with Crippen molar-refractivity contribution < 1.29 is 0 Å². The number of rotatable bonds is 1. The third kappa shape index (κ3) is 2.17. The van der Waals surface area contributed by atoms with Crippen LogP contribution in [0.25, 0.3) is 22.2 Å². The van der Waals surface area contributed by atoms with Crippen molar-refractivity contribution in [2.45, 2.75) is 13.8 Å². The van der Waals surface area contributed by atoms with E-state index in [4.69, 9.17) is 0 Å². The van der Waals surface area contributed by atoms with Crippen molar-refractivity contribution in [2.24, 2.45) is 0 Å². The number of aromatic amines is 1. The second-order valence-electron chi connectivity index (χ2n) is 4.97. The third-order valence-corrected chi connectivity index (χ3v) is 3.31. The van der Waals surface area contributed by atoms with Gasteiger partial charge in [0.1, 0.15) is 0 Å². The van der Waals surface area contributed by atoms with Crippen LogP contribution in [0.15, 0.2) is 53.3 Å². The first-order chi connectivity index (χ1) is 9.13. The number of fused-ring (bicyclic) bond motifs is 1. The van der Waals surface area contributed by atoms with Crippen molar-refractivity contribution in [1.82, 2.24) is 4.98 Å². The first-order valence-corrected chi connectivity index (χ1v) is 6.34. The maximum atomic E-state index is 12.2. The molecule has 0 aliphatic rings. The van der Waals surface area contributed by atoms with E-state index in [1.54, 1.807) is 6.07 Å². The van der Waals surface area contributed by atoms with Crippen LogP contribution in [0.3, 0.4) is 0 Å². The number of nitrogens with one attached hydrogen (secondary N) is 1. The average molecular weight is 249 g/mol. The molecule has 0 unspecified atom stereocenters. The molecule has 1 N–H and O–H groups in total. The molecule has 1 aromatic heterocycles. The lowest BCUT2D eigenvalue weighted by Crippen LogP contribution is -2.03. The Morgan fingerprint density at radius 1 is 0.895 bits per heavy atom. The summed E-state index contributed by atoms with van der Waals surface area (Å²) in [6, 6.07) is 15.7. The minimum absolute atomic E-state index is 0.0638. The second kappa shape index (κ2) is 4.39. The van der Waals surface area contributed by atoms with Crippen LogP contribution in [-0.4, -0.2) is 4.98 Å². The predicted octanol–water partition coefficient (Wildman–Crippen LogP) is 3.81. The Hall–Kier alpha value is -2.35. The highest BCUT2D eigenvalue weighted by atomic mass is 16.1. The van der Waals surface area contributed by atoms with Crippen molar-refractivity contribution in [3.05, 3.63) is 69.9 Å². The van der Waals surface area contributed by atoms with Crippen LogP contribution in [0, 0.1) is 13.8 Å². The lowest BCUT2D eigenvalue weighted by atomic mass is 10.1. The van der Waals surface area contributed by atoms with Gasteiger partial charge in [-0.05, 0) is 37.6 Å². The van der Waals surface area contributed by atoms with Crippen LogP contribution >= 0.6 is 0 Å². The number of H-pyrrole nitrogens is 1. The SMILES string of the molecule is Cc1cccc(-c2cc(=O)c3cc(C)ccc3[nH]2)c1. The van der Waals surface area contributed by atoms with E-state index >= 15 is 0 Å². The van der Waals surface area contributed by atoms with E-state index in [0.717, 1.165) is 27.7 Å². The van der Waals surface area contributed by atoms with Gasteiger partial charge in [0, 0.05) is 22.7 Å². The monoisotopic (exact) mass is 249 g/mol. The van der Waals surface area contributed by atoms with Gasteiger partial charge in [-0.2, -0.15) is 0 Å². The number of hydrogen-bond donors (Lipinski definition) is 1. The molecule has 0 saturated heterocycles. The zero-order valence-electron chi connectivity index (χ0n) is 11.0. The van der Waals surface area contributed by atoms with Crippen LogP contribution in [-0.2, 0) is 0 Å². The van der Waals surface area contributed by atoms with Gasteiger partial charge >= 0.3 is 0 Å². The maximum absolute atomic E-state index is 12.2. The summed E-state index contributed by atoms with van der Waals surface area (Å²) in [5, 5.41) is 0.747. The zero-order valence-corrected chi connectivity index (χ0v) is 11.0. The normalized spacial score (nSPS) is 10.8. The number of benzene rings is 2. The van der Waals surface area contributed by atoms with Crippen molar-refractivity contribution >= 4 is 10.9 Å². The van der Waals surface area contributed by atoms with Gasteiger partial charge in [-0.25, -0.2) is 0 Å². The first kappa shape index (κ1) is 11.7. The van der Waals surface area contributed by atoms with E-state index in [-0.39, 0.29) is 5.43 Å². The Bertz CT molecular complexity index is 815. The average Bonchev–Trinajstić information content (AvgIpc) is 2.39. The van der Waals surface area contributed by atoms with Crippen LogP contribution in [0.1, 0.15) is 11.1 Å². The number of aryl methyl sites for hydroxylation is 2. The molecule has 19 heavy (non-hydrogen) atoms. The molecule has 94 valence electrons. The standard InChI is InChI=1S/C17H15NO/c1-11-4-3-5-13(8-11)16-10-17(19)14-9-12(2)6-7-15(14)18-16/h3-10H,1-2H3,(H,18,19). The van der Waals surface area contributed by atoms with E-state index in [1.165, 1.54) is 5.56 Å². The van der Waals surface area contributed by atoms with Crippen LogP contribution in [0.4, 0.5) is 0 Å². The van der Waals surface area contributed by atoms with Crippen molar-refractivity contribution in [3.63, 3.8) is 0 Å². The molecular formula is C17H15NO. The summed E-state index contributed by atoms with van der Waals surface area (Å²) in [5.74, 6) is 0. The smallest absolute Gasteiger partial charge is 0.190 e. The summed E-state index contributed by atoms with van der Waals surface area (Å²) in [4.78, 5) is 15.5. The van der Waals surface area contributed by atoms with Gasteiger partial charge in [0.15, 0.2) is 5.43 Å². The van der Waals surface area contributed by atoms with Crippen LogP contribution in [0.5, 0.6) is 0 Å². The Balaban J connectivity index is 2.27. The minimum atomic E-state index is 0.0638. The Morgan fingerprint density at radius 2 is 1.68 bits per heavy atom. The topological polar surface area (TPSA) is 32.9 Å². The summed E-state index contributed by atoms with van der Waals surface area (Å²) in [6.45, 7) is 4.04. The van der Waals surface area contributed by atoms with Crippen molar-refractivity contribution in [3.8, 4) is 11.3 Å². The summed E-state index contributed by atoms with van der Waals surface area (Å²) >= 11 is 0. The molecule has 3 aromatic rings. The largest absolute Gasteiger partial charge is 0.354 e. The molecule has 2 aromatic carbocycles. The van der Waals surface area contributed by atoms with Gasteiger partial charge in [-0.3, -0.25) is 4.79 Å². The van der Waals surface area contributed by atoms with Gasteiger partial charge in [0.25, 0.3) is 0 Å². The fourth-order valence-corrected chi connectivity index (χ4v) is 2.33. The summed E-state index contributed by atoms with van der Waals surface area (Å²) in [7, 11) is 0. The van der Waals surface area contributed by atoms with E-state index in [1.807, 2.05) is 50.2 Å². The fourth-order valence-electron chi connectivity index (χ4n) is 2.33. The minimum Gasteiger partial charge on any atom is -0.354 e. The molecule has 0 spiro atoms. The summed E-state index contributed by atoms with van der Waals surface area (Å²) in [6.07, 6.45) is 0.